The van der Waals surface area contributed by atoms with Gasteiger partial charge < -0.3 is 5.32 Å². The van der Waals surface area contributed by atoms with E-state index in [4.69, 9.17) is 0 Å². The minimum atomic E-state index is -0.451. The fourth-order valence-electron chi connectivity index (χ4n) is 1.46. The highest BCUT2D eigenvalue weighted by molar-refractivity contribution is 7.13. The topological polar surface area (TPSA) is 24.9 Å². The monoisotopic (exact) mass is 254 g/mol. The van der Waals surface area contributed by atoms with E-state index in [0.717, 1.165) is 30.8 Å². The summed E-state index contributed by atoms with van der Waals surface area (Å²) in [6, 6.07) is 3.41. The second-order valence-electron chi connectivity index (χ2n) is 3.62. The van der Waals surface area contributed by atoms with Crippen LogP contribution in [0.15, 0.2) is 23.6 Å². The molecule has 0 aliphatic rings. The normalized spacial score (nSPS) is 10.8. The van der Waals surface area contributed by atoms with Crippen molar-refractivity contribution in [1.29, 1.82) is 0 Å². The van der Waals surface area contributed by atoms with Crippen LogP contribution < -0.4 is 5.32 Å². The van der Waals surface area contributed by atoms with Crippen LogP contribution in [-0.4, -0.2) is 18.6 Å². The van der Waals surface area contributed by atoms with Crippen LogP contribution in [0.5, 0.6) is 0 Å². The summed E-state index contributed by atoms with van der Waals surface area (Å²) in [4.78, 5) is 4.29. The highest BCUT2D eigenvalue weighted by Crippen LogP contribution is 2.27. The number of hydrogen-bond acceptors (Lipinski definition) is 3. The predicted octanol–water partition coefficient (Wildman–Crippen LogP) is 2.85. The SMILES string of the molecule is CNCCc1csc(-c2cc(F)ccc2F)n1. The first kappa shape index (κ1) is 12.1. The Labute approximate surface area is 102 Å². The number of rotatable bonds is 4. The van der Waals surface area contributed by atoms with E-state index in [9.17, 15) is 8.78 Å². The molecular formula is C12H12F2N2S. The van der Waals surface area contributed by atoms with E-state index in [0.29, 0.717) is 5.01 Å². The standard InChI is InChI=1S/C12H12F2N2S/c1-15-5-4-9-7-17-12(16-9)10-6-8(13)2-3-11(10)14/h2-3,6-7,15H,4-5H2,1H3. The van der Waals surface area contributed by atoms with Crippen LogP contribution in [0.3, 0.4) is 0 Å². The van der Waals surface area contributed by atoms with Gasteiger partial charge in [-0.2, -0.15) is 0 Å². The van der Waals surface area contributed by atoms with Crippen LogP contribution in [0.25, 0.3) is 10.6 Å². The number of nitrogens with zero attached hydrogens (tertiary/aromatic N) is 1. The molecule has 0 saturated carbocycles. The molecule has 2 rings (SSSR count). The molecule has 0 fully saturated rings. The maximum atomic E-state index is 13.5. The molecule has 2 aromatic rings. The average Bonchev–Trinajstić information content (AvgIpc) is 2.78. The molecule has 0 aliphatic carbocycles. The van der Waals surface area contributed by atoms with Gasteiger partial charge in [-0.15, -0.1) is 11.3 Å². The molecule has 1 heterocycles. The van der Waals surface area contributed by atoms with Crippen LogP contribution >= 0.6 is 11.3 Å². The van der Waals surface area contributed by atoms with Crippen molar-refractivity contribution in [1.82, 2.24) is 10.3 Å². The van der Waals surface area contributed by atoms with Crippen LogP contribution in [0, 0.1) is 11.6 Å². The number of aromatic nitrogens is 1. The number of nitrogens with one attached hydrogen (secondary N) is 1. The third-order valence-electron chi connectivity index (χ3n) is 2.34. The van der Waals surface area contributed by atoms with Crippen molar-refractivity contribution < 1.29 is 8.78 Å². The number of benzene rings is 1. The highest BCUT2D eigenvalue weighted by atomic mass is 32.1. The molecule has 1 N–H and O–H groups in total. The summed E-state index contributed by atoms with van der Waals surface area (Å²) in [6.45, 7) is 0.814. The summed E-state index contributed by atoms with van der Waals surface area (Å²) >= 11 is 1.33. The molecule has 0 radical (unpaired) electrons. The molecule has 0 bridgehead atoms. The largest absolute Gasteiger partial charge is 0.319 e. The third-order valence-corrected chi connectivity index (χ3v) is 3.27. The van der Waals surface area contributed by atoms with Gasteiger partial charge in [0.05, 0.1) is 5.69 Å². The molecule has 0 atom stereocenters. The second-order valence-corrected chi connectivity index (χ2v) is 4.48. The molecule has 0 unspecified atom stereocenters. The lowest BCUT2D eigenvalue weighted by Crippen LogP contribution is -2.10. The van der Waals surface area contributed by atoms with Gasteiger partial charge in [-0.1, -0.05) is 0 Å². The van der Waals surface area contributed by atoms with Gasteiger partial charge in [0, 0.05) is 23.9 Å². The molecule has 0 spiro atoms. The fraction of sp³-hybridized carbons (Fsp3) is 0.250. The van der Waals surface area contributed by atoms with E-state index >= 15 is 0 Å². The molecular weight excluding hydrogens is 242 g/mol. The van der Waals surface area contributed by atoms with Crippen LogP contribution in [0.4, 0.5) is 8.78 Å². The quantitative estimate of drug-likeness (QED) is 0.907. The summed E-state index contributed by atoms with van der Waals surface area (Å²) in [5.41, 5.74) is 1.12. The Kier molecular flexibility index (Phi) is 3.81. The van der Waals surface area contributed by atoms with Gasteiger partial charge in [0.2, 0.25) is 0 Å². The summed E-state index contributed by atoms with van der Waals surface area (Å²) in [5, 5.41) is 5.41. The Hall–Kier alpha value is -1.33. The van der Waals surface area contributed by atoms with E-state index in [-0.39, 0.29) is 5.56 Å². The van der Waals surface area contributed by atoms with Gasteiger partial charge in [-0.05, 0) is 25.2 Å². The van der Waals surface area contributed by atoms with E-state index in [1.807, 2.05) is 12.4 Å². The Morgan fingerprint density at radius 3 is 2.94 bits per heavy atom. The van der Waals surface area contributed by atoms with Crippen molar-refractivity contribution >= 4 is 11.3 Å². The van der Waals surface area contributed by atoms with Gasteiger partial charge in [0.25, 0.3) is 0 Å². The Bertz CT molecular complexity index is 511. The summed E-state index contributed by atoms with van der Waals surface area (Å²) in [7, 11) is 1.86. The highest BCUT2D eigenvalue weighted by Gasteiger charge is 2.10. The van der Waals surface area contributed by atoms with Crippen molar-refractivity contribution in [3.8, 4) is 10.6 Å². The number of likely N-dealkylation sites (N-methyl/N-ethyl adjacent to an activating group) is 1. The number of hydrogen-bond donors (Lipinski definition) is 1. The average molecular weight is 254 g/mol. The van der Waals surface area contributed by atoms with Crippen molar-refractivity contribution in [2.24, 2.45) is 0 Å². The van der Waals surface area contributed by atoms with Crippen LogP contribution in [-0.2, 0) is 6.42 Å². The molecule has 1 aromatic carbocycles. The zero-order valence-corrected chi connectivity index (χ0v) is 10.2. The first-order valence-electron chi connectivity index (χ1n) is 5.25. The second kappa shape index (κ2) is 5.33. The van der Waals surface area contributed by atoms with Gasteiger partial charge in [0.1, 0.15) is 16.6 Å². The zero-order valence-electron chi connectivity index (χ0n) is 9.34. The van der Waals surface area contributed by atoms with Crippen LogP contribution in [0.2, 0.25) is 0 Å². The van der Waals surface area contributed by atoms with E-state index in [2.05, 4.69) is 10.3 Å². The molecule has 90 valence electrons. The third kappa shape index (κ3) is 2.87. The van der Waals surface area contributed by atoms with Crippen molar-refractivity contribution in [3.05, 3.63) is 40.9 Å². The lowest BCUT2D eigenvalue weighted by atomic mass is 10.2. The first-order chi connectivity index (χ1) is 8.20. The Morgan fingerprint density at radius 2 is 2.18 bits per heavy atom. The van der Waals surface area contributed by atoms with Crippen molar-refractivity contribution in [2.75, 3.05) is 13.6 Å². The summed E-state index contributed by atoms with van der Waals surface area (Å²) in [5.74, 6) is -0.894. The van der Waals surface area contributed by atoms with Crippen molar-refractivity contribution in [2.45, 2.75) is 6.42 Å². The summed E-state index contributed by atoms with van der Waals surface area (Å²) < 4.78 is 26.5. The fourth-order valence-corrected chi connectivity index (χ4v) is 2.33. The zero-order chi connectivity index (χ0) is 12.3. The van der Waals surface area contributed by atoms with E-state index in [1.165, 1.54) is 17.4 Å². The van der Waals surface area contributed by atoms with Gasteiger partial charge in [-0.3, -0.25) is 0 Å². The molecule has 0 amide bonds. The van der Waals surface area contributed by atoms with Gasteiger partial charge in [0.15, 0.2) is 0 Å². The Morgan fingerprint density at radius 1 is 1.35 bits per heavy atom. The first-order valence-corrected chi connectivity index (χ1v) is 6.13. The van der Waals surface area contributed by atoms with Crippen LogP contribution in [0.1, 0.15) is 5.69 Å². The maximum Gasteiger partial charge on any atom is 0.133 e. The smallest absolute Gasteiger partial charge is 0.133 e. The number of halogens is 2. The minimum absolute atomic E-state index is 0.228. The molecule has 17 heavy (non-hydrogen) atoms. The van der Waals surface area contributed by atoms with Gasteiger partial charge in [-0.25, -0.2) is 13.8 Å². The molecule has 0 saturated heterocycles. The summed E-state index contributed by atoms with van der Waals surface area (Å²) in [6.07, 6.45) is 0.782. The maximum absolute atomic E-state index is 13.5. The number of thiazole rings is 1. The minimum Gasteiger partial charge on any atom is -0.319 e. The molecule has 5 heteroatoms. The van der Waals surface area contributed by atoms with Crippen molar-refractivity contribution in [3.63, 3.8) is 0 Å². The lowest BCUT2D eigenvalue weighted by Gasteiger charge is -1.99. The van der Waals surface area contributed by atoms with E-state index < -0.39 is 11.6 Å². The lowest BCUT2D eigenvalue weighted by molar-refractivity contribution is 0.603. The molecule has 1 aromatic heterocycles. The van der Waals surface area contributed by atoms with Gasteiger partial charge >= 0.3 is 0 Å². The Balaban J connectivity index is 2.27. The van der Waals surface area contributed by atoms with E-state index in [1.54, 1.807) is 0 Å². The molecule has 2 nitrogen and oxygen atoms in total. The predicted molar refractivity (Wildman–Crippen MR) is 65.1 cm³/mol. The molecule has 0 aliphatic heterocycles.